The van der Waals surface area contributed by atoms with Gasteiger partial charge >= 0.3 is 6.18 Å². The molecule has 4 nitrogen and oxygen atoms in total. The van der Waals surface area contributed by atoms with E-state index in [2.05, 4.69) is 5.32 Å². The van der Waals surface area contributed by atoms with Gasteiger partial charge in [0.1, 0.15) is 6.54 Å². The molecule has 0 radical (unpaired) electrons. The van der Waals surface area contributed by atoms with Crippen LogP contribution in [0.3, 0.4) is 0 Å². The third-order valence-electron chi connectivity index (χ3n) is 3.38. The van der Waals surface area contributed by atoms with Gasteiger partial charge in [-0.05, 0) is 24.1 Å². The maximum Gasteiger partial charge on any atom is 0.405 e. The van der Waals surface area contributed by atoms with Crippen LogP contribution in [0.15, 0.2) is 54.6 Å². The summed E-state index contributed by atoms with van der Waals surface area (Å²) in [5.74, 6) is -1.21. The van der Waals surface area contributed by atoms with Crippen LogP contribution in [0.1, 0.15) is 22.3 Å². The first-order chi connectivity index (χ1) is 11.8. The Kier molecular flexibility index (Phi) is 6.16. The van der Waals surface area contributed by atoms with Crippen molar-refractivity contribution in [1.82, 2.24) is 5.32 Å². The third-order valence-corrected chi connectivity index (χ3v) is 3.38. The molecule has 0 aliphatic carbocycles. The van der Waals surface area contributed by atoms with E-state index in [1.54, 1.807) is 11.4 Å². The number of benzene rings is 2. The van der Waals surface area contributed by atoms with E-state index >= 15 is 0 Å². The standard InChI is InChI=1S/C18H17F3N2O2/c19-18(20,21)12-22-17(25)14-8-4-5-9-15(14)23-16(24)11-10-13-6-2-1-3-7-13/h1-9H,10-12H2,(H,22,25)(H,23,24). The van der Waals surface area contributed by atoms with Crippen molar-refractivity contribution >= 4 is 17.5 Å². The highest BCUT2D eigenvalue weighted by Gasteiger charge is 2.28. The number of hydrogen-bond donors (Lipinski definition) is 2. The molecule has 0 unspecified atom stereocenters. The Morgan fingerprint density at radius 1 is 0.920 bits per heavy atom. The van der Waals surface area contributed by atoms with Gasteiger partial charge in [-0.1, -0.05) is 42.5 Å². The Hall–Kier alpha value is -2.83. The molecule has 0 aliphatic heterocycles. The van der Waals surface area contributed by atoms with Gasteiger partial charge in [0.15, 0.2) is 0 Å². The molecule has 0 fully saturated rings. The van der Waals surface area contributed by atoms with Gasteiger partial charge in [0.2, 0.25) is 5.91 Å². The fourth-order valence-corrected chi connectivity index (χ4v) is 2.18. The second-order valence-corrected chi connectivity index (χ2v) is 5.38. The van der Waals surface area contributed by atoms with Crippen LogP contribution in [0, 0.1) is 0 Å². The number of para-hydroxylation sites is 1. The van der Waals surface area contributed by atoms with Crippen molar-refractivity contribution in [2.24, 2.45) is 0 Å². The molecular weight excluding hydrogens is 333 g/mol. The summed E-state index contributed by atoms with van der Waals surface area (Å²) in [4.78, 5) is 24.0. The number of anilines is 1. The lowest BCUT2D eigenvalue weighted by Crippen LogP contribution is -2.34. The molecule has 132 valence electrons. The summed E-state index contributed by atoms with van der Waals surface area (Å²) in [7, 11) is 0. The summed E-state index contributed by atoms with van der Waals surface area (Å²) >= 11 is 0. The van der Waals surface area contributed by atoms with Crippen molar-refractivity contribution in [3.05, 3.63) is 65.7 Å². The van der Waals surface area contributed by atoms with Gasteiger partial charge in [-0.2, -0.15) is 13.2 Å². The van der Waals surface area contributed by atoms with Gasteiger partial charge in [-0.15, -0.1) is 0 Å². The molecule has 7 heteroatoms. The van der Waals surface area contributed by atoms with Crippen molar-refractivity contribution in [1.29, 1.82) is 0 Å². The highest BCUT2D eigenvalue weighted by atomic mass is 19.4. The molecule has 2 aromatic carbocycles. The van der Waals surface area contributed by atoms with Gasteiger partial charge in [0.25, 0.3) is 5.91 Å². The molecular formula is C18H17F3N2O2. The number of halogens is 3. The molecule has 0 bridgehead atoms. The highest BCUT2D eigenvalue weighted by Crippen LogP contribution is 2.17. The number of alkyl halides is 3. The fourth-order valence-electron chi connectivity index (χ4n) is 2.18. The van der Waals surface area contributed by atoms with Crippen molar-refractivity contribution in [2.45, 2.75) is 19.0 Å². The van der Waals surface area contributed by atoms with Gasteiger partial charge < -0.3 is 10.6 Å². The van der Waals surface area contributed by atoms with E-state index in [4.69, 9.17) is 0 Å². The van der Waals surface area contributed by atoms with E-state index < -0.39 is 18.6 Å². The first-order valence-corrected chi connectivity index (χ1v) is 7.63. The topological polar surface area (TPSA) is 58.2 Å². The fraction of sp³-hybridized carbons (Fsp3) is 0.222. The predicted molar refractivity (Wildman–Crippen MR) is 88.2 cm³/mol. The first kappa shape index (κ1) is 18.5. The molecule has 2 N–H and O–H groups in total. The zero-order valence-electron chi connectivity index (χ0n) is 13.3. The number of amides is 2. The van der Waals surface area contributed by atoms with E-state index in [0.717, 1.165) is 5.56 Å². The molecule has 25 heavy (non-hydrogen) atoms. The quantitative estimate of drug-likeness (QED) is 0.837. The minimum Gasteiger partial charge on any atom is -0.343 e. The Morgan fingerprint density at radius 3 is 2.24 bits per heavy atom. The molecule has 0 saturated carbocycles. The van der Waals surface area contributed by atoms with Crippen molar-refractivity contribution in [2.75, 3.05) is 11.9 Å². The summed E-state index contributed by atoms with van der Waals surface area (Å²) in [5.41, 5.74) is 1.16. The molecule has 0 aliphatic rings. The Bertz CT molecular complexity index is 731. The number of carbonyl (C=O) groups excluding carboxylic acids is 2. The van der Waals surface area contributed by atoms with E-state index in [1.165, 1.54) is 18.2 Å². The van der Waals surface area contributed by atoms with Gasteiger partial charge in [0.05, 0.1) is 11.3 Å². The van der Waals surface area contributed by atoms with Crippen molar-refractivity contribution in [3.8, 4) is 0 Å². The Morgan fingerprint density at radius 2 is 1.56 bits per heavy atom. The van der Waals surface area contributed by atoms with Crippen LogP contribution in [0.4, 0.5) is 18.9 Å². The minimum atomic E-state index is -4.50. The van der Waals surface area contributed by atoms with Crippen LogP contribution in [0.5, 0.6) is 0 Å². The number of rotatable bonds is 6. The summed E-state index contributed by atoms with van der Waals surface area (Å²) in [6.07, 6.45) is -3.78. The van der Waals surface area contributed by atoms with Gasteiger partial charge in [0, 0.05) is 6.42 Å². The van der Waals surface area contributed by atoms with Crippen LogP contribution in [-0.2, 0) is 11.2 Å². The molecule has 0 spiro atoms. The maximum absolute atomic E-state index is 12.2. The molecule has 0 heterocycles. The lowest BCUT2D eigenvalue weighted by atomic mass is 10.1. The summed E-state index contributed by atoms with van der Waals surface area (Å²) in [6, 6.07) is 15.3. The second-order valence-electron chi connectivity index (χ2n) is 5.38. The third kappa shape index (κ3) is 6.29. The van der Waals surface area contributed by atoms with E-state index in [1.807, 2.05) is 30.3 Å². The lowest BCUT2D eigenvalue weighted by molar-refractivity contribution is -0.123. The smallest absolute Gasteiger partial charge is 0.343 e. The SMILES string of the molecule is O=C(CCc1ccccc1)Nc1ccccc1C(=O)NCC(F)(F)F. The minimum absolute atomic E-state index is 0.0141. The molecule has 0 atom stereocenters. The summed E-state index contributed by atoms with van der Waals surface area (Å²) in [5, 5.41) is 4.37. The van der Waals surface area contributed by atoms with Crippen LogP contribution >= 0.6 is 0 Å². The first-order valence-electron chi connectivity index (χ1n) is 7.63. The number of carbonyl (C=O) groups is 2. The van der Waals surface area contributed by atoms with Crippen LogP contribution in [0.25, 0.3) is 0 Å². The van der Waals surface area contributed by atoms with Crippen LogP contribution < -0.4 is 10.6 Å². The highest BCUT2D eigenvalue weighted by molar-refractivity contribution is 6.03. The van der Waals surface area contributed by atoms with Crippen molar-refractivity contribution < 1.29 is 22.8 Å². The van der Waals surface area contributed by atoms with Crippen LogP contribution in [-0.4, -0.2) is 24.5 Å². The molecule has 2 amide bonds. The largest absolute Gasteiger partial charge is 0.405 e. The number of hydrogen-bond acceptors (Lipinski definition) is 2. The van der Waals surface area contributed by atoms with E-state index in [0.29, 0.717) is 6.42 Å². The average molecular weight is 350 g/mol. The van der Waals surface area contributed by atoms with Crippen LogP contribution in [0.2, 0.25) is 0 Å². The number of nitrogens with one attached hydrogen (secondary N) is 2. The average Bonchev–Trinajstić information content (AvgIpc) is 2.59. The lowest BCUT2D eigenvalue weighted by Gasteiger charge is -2.12. The number of aryl methyl sites for hydroxylation is 1. The Labute approximate surface area is 143 Å². The molecule has 0 aromatic heterocycles. The maximum atomic E-state index is 12.2. The Balaban J connectivity index is 1.97. The van der Waals surface area contributed by atoms with Gasteiger partial charge in [-0.3, -0.25) is 9.59 Å². The van der Waals surface area contributed by atoms with E-state index in [-0.39, 0.29) is 23.6 Å². The van der Waals surface area contributed by atoms with E-state index in [9.17, 15) is 22.8 Å². The van der Waals surface area contributed by atoms with Crippen molar-refractivity contribution in [3.63, 3.8) is 0 Å². The second kappa shape index (κ2) is 8.32. The molecule has 2 aromatic rings. The normalized spacial score (nSPS) is 11.0. The van der Waals surface area contributed by atoms with Gasteiger partial charge in [-0.25, -0.2) is 0 Å². The zero-order valence-corrected chi connectivity index (χ0v) is 13.3. The molecule has 0 saturated heterocycles. The summed E-state index contributed by atoms with van der Waals surface area (Å²) < 4.78 is 36.7. The predicted octanol–water partition coefficient (Wildman–Crippen LogP) is 3.55. The zero-order chi connectivity index (χ0) is 18.3. The molecule has 2 rings (SSSR count). The monoisotopic (exact) mass is 350 g/mol. The summed E-state index contributed by atoms with van der Waals surface area (Å²) in [6.45, 7) is -1.43.